The first-order valence-corrected chi connectivity index (χ1v) is 7.05. The van der Waals surface area contributed by atoms with E-state index in [4.69, 9.17) is 4.42 Å². The van der Waals surface area contributed by atoms with Gasteiger partial charge in [0, 0.05) is 6.04 Å². The molecule has 1 N–H and O–H groups in total. The lowest BCUT2D eigenvalue weighted by Gasteiger charge is -2.37. The van der Waals surface area contributed by atoms with Crippen molar-refractivity contribution in [3.05, 3.63) is 24.2 Å². The molecule has 0 saturated heterocycles. The molecular formula is C15H25NO. The van der Waals surface area contributed by atoms with Crippen molar-refractivity contribution in [2.45, 2.75) is 58.4 Å². The van der Waals surface area contributed by atoms with Crippen molar-refractivity contribution < 1.29 is 4.42 Å². The molecule has 0 aromatic carbocycles. The van der Waals surface area contributed by atoms with E-state index in [1.807, 2.05) is 6.26 Å². The van der Waals surface area contributed by atoms with Crippen LogP contribution in [0, 0.1) is 5.41 Å². The number of hydrogen-bond donors (Lipinski definition) is 1. The van der Waals surface area contributed by atoms with Crippen LogP contribution in [0.25, 0.3) is 0 Å². The molecule has 0 spiro atoms. The molecule has 1 heterocycles. The summed E-state index contributed by atoms with van der Waals surface area (Å²) < 4.78 is 5.19. The lowest BCUT2D eigenvalue weighted by molar-refractivity contribution is 0.186. The summed E-state index contributed by atoms with van der Waals surface area (Å²) in [5.41, 5.74) is 1.85. The second-order valence-electron chi connectivity index (χ2n) is 5.37. The maximum absolute atomic E-state index is 5.19. The summed E-state index contributed by atoms with van der Waals surface area (Å²) in [6, 6.07) is 2.71. The Balaban J connectivity index is 2.09. The molecule has 1 unspecified atom stereocenters. The Morgan fingerprint density at radius 2 is 2.12 bits per heavy atom. The van der Waals surface area contributed by atoms with Gasteiger partial charge in [-0.3, -0.25) is 0 Å². The van der Waals surface area contributed by atoms with Crippen LogP contribution >= 0.6 is 0 Å². The first-order chi connectivity index (χ1) is 8.30. The zero-order valence-corrected chi connectivity index (χ0v) is 11.2. The third kappa shape index (κ3) is 2.74. The third-order valence-electron chi connectivity index (χ3n) is 4.51. The minimum atomic E-state index is 0.521. The average molecular weight is 235 g/mol. The van der Waals surface area contributed by atoms with Gasteiger partial charge in [-0.2, -0.15) is 0 Å². The SMILES string of the molecule is CCNC(Cc1ccoc1)C1(CC)CCCC1. The van der Waals surface area contributed by atoms with Gasteiger partial charge in [-0.15, -0.1) is 0 Å². The van der Waals surface area contributed by atoms with Crippen molar-refractivity contribution in [3.8, 4) is 0 Å². The number of rotatable bonds is 6. The summed E-state index contributed by atoms with van der Waals surface area (Å²) >= 11 is 0. The van der Waals surface area contributed by atoms with Gasteiger partial charge in [-0.05, 0) is 49.3 Å². The highest BCUT2D eigenvalue weighted by molar-refractivity contribution is 5.10. The molecule has 1 aliphatic carbocycles. The fourth-order valence-corrected chi connectivity index (χ4v) is 3.42. The summed E-state index contributed by atoms with van der Waals surface area (Å²) in [5, 5.41) is 3.71. The molecular weight excluding hydrogens is 210 g/mol. The smallest absolute Gasteiger partial charge is 0.0935 e. The fraction of sp³-hybridized carbons (Fsp3) is 0.733. The van der Waals surface area contributed by atoms with Gasteiger partial charge in [0.05, 0.1) is 12.5 Å². The average Bonchev–Trinajstić information content (AvgIpc) is 3.00. The topological polar surface area (TPSA) is 25.2 Å². The van der Waals surface area contributed by atoms with Crippen LogP contribution in [0.3, 0.4) is 0 Å². The molecule has 1 aromatic heterocycles. The molecule has 1 atom stereocenters. The minimum absolute atomic E-state index is 0.521. The van der Waals surface area contributed by atoms with Gasteiger partial charge in [0.15, 0.2) is 0 Å². The summed E-state index contributed by atoms with van der Waals surface area (Å²) in [7, 11) is 0. The standard InChI is InChI=1S/C15H25NO/c1-3-15(8-5-6-9-15)14(16-4-2)11-13-7-10-17-12-13/h7,10,12,14,16H,3-6,8-9,11H2,1-2H3. The van der Waals surface area contributed by atoms with Crippen molar-refractivity contribution in [1.29, 1.82) is 0 Å². The summed E-state index contributed by atoms with van der Waals surface area (Å²) in [6.07, 6.45) is 11.7. The van der Waals surface area contributed by atoms with Crippen molar-refractivity contribution in [2.75, 3.05) is 6.54 Å². The van der Waals surface area contributed by atoms with Crippen LogP contribution in [0.2, 0.25) is 0 Å². The molecule has 2 nitrogen and oxygen atoms in total. The number of likely N-dealkylation sites (N-methyl/N-ethyl adjacent to an activating group) is 1. The van der Waals surface area contributed by atoms with E-state index in [9.17, 15) is 0 Å². The molecule has 0 aliphatic heterocycles. The van der Waals surface area contributed by atoms with E-state index in [-0.39, 0.29) is 0 Å². The fourth-order valence-electron chi connectivity index (χ4n) is 3.42. The molecule has 17 heavy (non-hydrogen) atoms. The van der Waals surface area contributed by atoms with Crippen molar-refractivity contribution in [3.63, 3.8) is 0 Å². The predicted molar refractivity (Wildman–Crippen MR) is 71.1 cm³/mol. The molecule has 1 aromatic rings. The molecule has 1 aliphatic rings. The van der Waals surface area contributed by atoms with Crippen LogP contribution in [0.5, 0.6) is 0 Å². The second kappa shape index (κ2) is 5.72. The molecule has 0 bridgehead atoms. The van der Waals surface area contributed by atoms with Crippen molar-refractivity contribution in [1.82, 2.24) is 5.32 Å². The van der Waals surface area contributed by atoms with Gasteiger partial charge in [0.2, 0.25) is 0 Å². The van der Waals surface area contributed by atoms with Crippen LogP contribution in [-0.2, 0) is 6.42 Å². The minimum Gasteiger partial charge on any atom is -0.472 e. The van der Waals surface area contributed by atoms with Crippen LogP contribution < -0.4 is 5.32 Å². The molecule has 1 saturated carbocycles. The molecule has 0 radical (unpaired) electrons. The predicted octanol–water partition coefficient (Wildman–Crippen LogP) is 3.77. The summed E-state index contributed by atoms with van der Waals surface area (Å²) in [5.74, 6) is 0. The lowest BCUT2D eigenvalue weighted by atomic mass is 9.74. The monoisotopic (exact) mass is 235 g/mol. The van der Waals surface area contributed by atoms with E-state index in [0.29, 0.717) is 11.5 Å². The van der Waals surface area contributed by atoms with Crippen LogP contribution in [0.4, 0.5) is 0 Å². The molecule has 2 rings (SSSR count). The van der Waals surface area contributed by atoms with Crippen molar-refractivity contribution in [2.24, 2.45) is 5.41 Å². The Labute approximate surface area is 105 Å². The van der Waals surface area contributed by atoms with Gasteiger partial charge >= 0.3 is 0 Å². The quantitative estimate of drug-likeness (QED) is 0.812. The van der Waals surface area contributed by atoms with Crippen LogP contribution in [0.1, 0.15) is 51.5 Å². The zero-order valence-electron chi connectivity index (χ0n) is 11.2. The number of nitrogens with one attached hydrogen (secondary N) is 1. The van der Waals surface area contributed by atoms with Crippen molar-refractivity contribution >= 4 is 0 Å². The maximum Gasteiger partial charge on any atom is 0.0935 e. The van der Waals surface area contributed by atoms with E-state index in [0.717, 1.165) is 13.0 Å². The zero-order chi connectivity index (χ0) is 12.1. The normalized spacial score (nSPS) is 20.6. The van der Waals surface area contributed by atoms with E-state index in [1.54, 1.807) is 6.26 Å². The van der Waals surface area contributed by atoms with E-state index in [2.05, 4.69) is 25.2 Å². The van der Waals surface area contributed by atoms with E-state index >= 15 is 0 Å². The highest BCUT2D eigenvalue weighted by Gasteiger charge is 2.39. The molecule has 0 amide bonds. The third-order valence-corrected chi connectivity index (χ3v) is 4.51. The lowest BCUT2D eigenvalue weighted by Crippen LogP contribution is -2.45. The molecule has 1 fully saturated rings. The summed E-state index contributed by atoms with van der Waals surface area (Å²) in [6.45, 7) is 5.62. The first-order valence-electron chi connectivity index (χ1n) is 7.05. The Morgan fingerprint density at radius 1 is 1.35 bits per heavy atom. The summed E-state index contributed by atoms with van der Waals surface area (Å²) in [4.78, 5) is 0. The van der Waals surface area contributed by atoms with Gasteiger partial charge in [-0.25, -0.2) is 0 Å². The van der Waals surface area contributed by atoms with Gasteiger partial charge in [-0.1, -0.05) is 26.7 Å². The first kappa shape index (κ1) is 12.7. The van der Waals surface area contributed by atoms with Gasteiger partial charge < -0.3 is 9.73 Å². The second-order valence-corrected chi connectivity index (χ2v) is 5.37. The van der Waals surface area contributed by atoms with Gasteiger partial charge in [0.1, 0.15) is 0 Å². The molecule has 2 heteroatoms. The van der Waals surface area contributed by atoms with E-state index in [1.165, 1.54) is 37.7 Å². The van der Waals surface area contributed by atoms with Gasteiger partial charge in [0.25, 0.3) is 0 Å². The number of furan rings is 1. The number of hydrogen-bond acceptors (Lipinski definition) is 2. The van der Waals surface area contributed by atoms with Crippen LogP contribution in [0.15, 0.2) is 23.0 Å². The Morgan fingerprint density at radius 3 is 2.65 bits per heavy atom. The highest BCUT2D eigenvalue weighted by atomic mass is 16.3. The Bertz CT molecular complexity index is 312. The Hall–Kier alpha value is -0.760. The largest absolute Gasteiger partial charge is 0.472 e. The van der Waals surface area contributed by atoms with E-state index < -0.39 is 0 Å². The Kier molecular flexibility index (Phi) is 4.27. The highest BCUT2D eigenvalue weighted by Crippen LogP contribution is 2.44. The molecule has 96 valence electrons. The van der Waals surface area contributed by atoms with Crippen LogP contribution in [-0.4, -0.2) is 12.6 Å². The maximum atomic E-state index is 5.19.